The Kier molecular flexibility index (Phi) is 18.8. The quantitative estimate of drug-likeness (QED) is 0.106. The number of aromatic nitrogens is 12. The number of oxazole rings is 2. The maximum atomic E-state index is 6.57. The van der Waals surface area contributed by atoms with E-state index in [0.29, 0.717) is 40.9 Å². The van der Waals surface area contributed by atoms with Gasteiger partial charge in [-0.3, -0.25) is 0 Å². The fourth-order valence-electron chi connectivity index (χ4n) is 17.8. The molecule has 8 aromatic heterocycles. The summed E-state index contributed by atoms with van der Waals surface area (Å²) in [5.74, 6) is 4.03. The van der Waals surface area contributed by atoms with Crippen molar-refractivity contribution in [3.05, 3.63) is 394 Å². The van der Waals surface area contributed by atoms with Crippen LogP contribution in [0.2, 0.25) is 5.28 Å². The Morgan fingerprint density at radius 1 is 0.234 bits per heavy atom. The standard InChI is InChI=1S/C52H32N6O.C39H24ClN5.C19H20BNO3/c1-3-13-37(14-4-1)57-44-20-10-7-17-39(44)41-31-35(27-29-46(41)57)50-54-49(33-23-25-34(26-24-33)52-53-43-19-9-12-22-48(43)59-52)55-51(56-50)36-28-30-47-42(32-36)40-18-8-11-21-45(40)58(47)38-15-5-2-6-16-38;40-39-42-37(25-19-21-35-31(23-25)29-15-7-9-17-33(29)44(35)27-11-3-1-4-12-27)41-38(43-39)26-20-22-36-32(24-26)30-16-8-10-18-34(30)45(36)28-13-5-2-6-14-28;1-18(2)19(3,4)24-20(23-18)14-11-9-13(10-12-14)17-21-15-7-5-6-8-16(15)22-17/h1-32H;1-24H;5-12H,1-4H3. The van der Waals surface area contributed by atoms with Crippen LogP contribution < -0.4 is 5.46 Å². The topological polar surface area (TPSA) is 168 Å². The molecule has 610 valence electrons. The second kappa shape index (κ2) is 31.3. The number of hydrogen-bond donors (Lipinski definition) is 0. The van der Waals surface area contributed by atoms with Gasteiger partial charge in [0.25, 0.3) is 0 Å². The first-order chi connectivity index (χ1) is 62.8. The maximum Gasteiger partial charge on any atom is 0.494 e. The molecule has 1 saturated heterocycles. The van der Waals surface area contributed by atoms with Gasteiger partial charge in [0.05, 0.1) is 55.3 Å². The summed E-state index contributed by atoms with van der Waals surface area (Å²) < 4.78 is 33.3. The minimum Gasteiger partial charge on any atom is -0.436 e. The molecule has 0 saturated carbocycles. The van der Waals surface area contributed by atoms with Gasteiger partial charge < -0.3 is 36.4 Å². The molecule has 24 aromatic rings. The molecule has 0 spiro atoms. The van der Waals surface area contributed by atoms with Gasteiger partial charge in [0, 0.05) is 105 Å². The maximum absolute atomic E-state index is 6.57. The van der Waals surface area contributed by atoms with Crippen molar-refractivity contribution in [2.45, 2.75) is 38.9 Å². The summed E-state index contributed by atoms with van der Waals surface area (Å²) in [6.45, 7) is 8.22. The average Bonchev–Trinajstić information content (AvgIpc) is 1.62. The molecule has 16 nitrogen and oxygen atoms in total. The Morgan fingerprint density at radius 2 is 0.484 bits per heavy atom. The highest BCUT2D eigenvalue weighted by Crippen LogP contribution is 2.43. The van der Waals surface area contributed by atoms with Gasteiger partial charge in [-0.1, -0.05) is 194 Å². The summed E-state index contributed by atoms with van der Waals surface area (Å²) in [6.07, 6.45) is 0. The second-order valence-corrected chi connectivity index (χ2v) is 33.3. The number of halogens is 1. The van der Waals surface area contributed by atoms with Crippen molar-refractivity contribution in [3.63, 3.8) is 0 Å². The van der Waals surface area contributed by atoms with Crippen LogP contribution in [0.25, 0.3) is 212 Å². The summed E-state index contributed by atoms with van der Waals surface area (Å²) in [5.41, 5.74) is 23.3. The van der Waals surface area contributed by atoms with Gasteiger partial charge in [-0.15, -0.1) is 0 Å². The van der Waals surface area contributed by atoms with Crippen LogP contribution in [-0.2, 0) is 9.31 Å². The van der Waals surface area contributed by atoms with E-state index in [1.54, 1.807) is 0 Å². The van der Waals surface area contributed by atoms with E-state index in [0.717, 1.165) is 166 Å². The molecule has 1 aliphatic heterocycles. The molecule has 1 aliphatic rings. The molecule has 128 heavy (non-hydrogen) atoms. The van der Waals surface area contributed by atoms with Crippen molar-refractivity contribution in [1.29, 1.82) is 0 Å². The van der Waals surface area contributed by atoms with Gasteiger partial charge in [-0.25, -0.2) is 29.9 Å². The molecule has 0 N–H and O–H groups in total. The van der Waals surface area contributed by atoms with E-state index in [2.05, 4.69) is 328 Å². The SMILES string of the molecule is CC1(C)OB(c2ccc(-c3nc4ccccc4o3)cc2)OC1(C)C.Clc1nc(-c2ccc3c(c2)c2ccccc2n3-c2ccccc2)nc(-c2ccc3c(c2)c2ccccc2n3-c2ccccc2)n1.c1ccc(-n2c3ccccc3c3cc(-c4nc(-c5ccc(-c6nc7ccccc7o6)cc5)nc(-c5ccc6c(c5)c5ccccc5n6-c5ccccc5)n4)ccc32)cc1. The first kappa shape index (κ1) is 76.8. The van der Waals surface area contributed by atoms with Crippen LogP contribution in [0.3, 0.4) is 0 Å². The molecular formula is C110H76BClN12O4. The smallest absolute Gasteiger partial charge is 0.436 e. The Labute approximate surface area is 740 Å². The minimum absolute atomic E-state index is 0.161. The number of rotatable bonds is 12. The number of fused-ring (bicyclic) bond motifs is 14. The van der Waals surface area contributed by atoms with Crippen LogP contribution in [-0.4, -0.2) is 76.5 Å². The number of para-hydroxylation sites is 12. The zero-order chi connectivity index (χ0) is 85.7. The summed E-state index contributed by atoms with van der Waals surface area (Å²) in [4.78, 5) is 38.9. The summed E-state index contributed by atoms with van der Waals surface area (Å²) in [5, 5.41) is 9.33. The third-order valence-corrected chi connectivity index (χ3v) is 24.9. The van der Waals surface area contributed by atoms with E-state index in [4.69, 9.17) is 54.7 Å². The Balaban J connectivity index is 0.000000120. The number of hydrogen-bond acceptors (Lipinski definition) is 12. The molecule has 0 unspecified atom stereocenters. The first-order valence-electron chi connectivity index (χ1n) is 42.6. The highest BCUT2D eigenvalue weighted by Gasteiger charge is 2.51. The van der Waals surface area contributed by atoms with Crippen LogP contribution in [0.5, 0.6) is 0 Å². The molecule has 0 aliphatic carbocycles. The Morgan fingerprint density at radius 3 is 0.805 bits per heavy atom. The highest BCUT2D eigenvalue weighted by molar-refractivity contribution is 6.62. The summed E-state index contributed by atoms with van der Waals surface area (Å²) in [6, 6.07) is 133. The number of benzene rings is 16. The van der Waals surface area contributed by atoms with Crippen molar-refractivity contribution in [1.82, 2.24) is 58.1 Å². The van der Waals surface area contributed by atoms with Gasteiger partial charge in [-0.2, -0.15) is 9.97 Å². The monoisotopic (exact) mass is 1670 g/mol. The van der Waals surface area contributed by atoms with Crippen molar-refractivity contribution in [3.8, 4) is 103 Å². The first-order valence-corrected chi connectivity index (χ1v) is 43.0. The van der Waals surface area contributed by atoms with Crippen molar-refractivity contribution in [2.24, 2.45) is 0 Å². The van der Waals surface area contributed by atoms with Crippen molar-refractivity contribution >= 4 is 134 Å². The molecule has 0 atom stereocenters. The molecule has 25 rings (SSSR count). The molecular weight excluding hydrogens is 1600 g/mol. The third-order valence-electron chi connectivity index (χ3n) is 24.7. The lowest BCUT2D eigenvalue weighted by Gasteiger charge is -2.32. The average molecular weight is 1680 g/mol. The predicted molar refractivity (Wildman–Crippen MR) is 517 cm³/mol. The minimum atomic E-state index is -0.354. The van der Waals surface area contributed by atoms with E-state index in [1.807, 2.05) is 121 Å². The van der Waals surface area contributed by atoms with Crippen LogP contribution in [0.4, 0.5) is 0 Å². The second-order valence-electron chi connectivity index (χ2n) is 33.0. The zero-order valence-electron chi connectivity index (χ0n) is 69.9. The van der Waals surface area contributed by atoms with Gasteiger partial charge >= 0.3 is 7.12 Å². The molecule has 0 amide bonds. The van der Waals surface area contributed by atoms with Crippen LogP contribution >= 0.6 is 11.6 Å². The summed E-state index contributed by atoms with van der Waals surface area (Å²) >= 11 is 6.57. The Hall–Kier alpha value is -16.0. The fraction of sp³-hybridized carbons (Fsp3) is 0.0545. The predicted octanol–water partition coefficient (Wildman–Crippen LogP) is 26.7. The molecule has 0 bridgehead atoms. The van der Waals surface area contributed by atoms with Crippen LogP contribution in [0.15, 0.2) is 397 Å². The van der Waals surface area contributed by atoms with Gasteiger partial charge in [-0.05, 0) is 239 Å². The van der Waals surface area contributed by atoms with Gasteiger partial charge in [0.15, 0.2) is 40.3 Å². The van der Waals surface area contributed by atoms with Crippen LogP contribution in [0.1, 0.15) is 27.7 Å². The van der Waals surface area contributed by atoms with Gasteiger partial charge in [0.2, 0.25) is 17.1 Å². The third kappa shape index (κ3) is 13.7. The van der Waals surface area contributed by atoms with E-state index in [-0.39, 0.29) is 23.6 Å². The van der Waals surface area contributed by atoms with Gasteiger partial charge in [0.1, 0.15) is 11.0 Å². The largest absolute Gasteiger partial charge is 0.494 e. The molecule has 1 fully saturated rings. The van der Waals surface area contributed by atoms with Crippen LogP contribution in [0, 0.1) is 0 Å². The lowest BCUT2D eigenvalue weighted by atomic mass is 9.79. The van der Waals surface area contributed by atoms with E-state index in [1.165, 1.54) is 10.8 Å². The lowest BCUT2D eigenvalue weighted by molar-refractivity contribution is 0.00578. The lowest BCUT2D eigenvalue weighted by Crippen LogP contribution is -2.41. The van der Waals surface area contributed by atoms with E-state index >= 15 is 0 Å². The Bertz CT molecular complexity index is 7990. The van der Waals surface area contributed by atoms with E-state index in [9.17, 15) is 0 Å². The molecule has 0 radical (unpaired) electrons. The van der Waals surface area contributed by atoms with E-state index < -0.39 is 0 Å². The molecule has 9 heterocycles. The van der Waals surface area contributed by atoms with Crippen molar-refractivity contribution < 1.29 is 18.1 Å². The molecule has 18 heteroatoms. The normalized spacial score (nSPS) is 13.1. The zero-order valence-corrected chi connectivity index (χ0v) is 70.7. The highest BCUT2D eigenvalue weighted by atomic mass is 35.5. The van der Waals surface area contributed by atoms with Crippen molar-refractivity contribution in [2.75, 3.05) is 0 Å². The number of nitrogens with zero attached hydrogens (tertiary/aromatic N) is 12. The fourth-order valence-corrected chi connectivity index (χ4v) is 17.9. The molecule has 16 aromatic carbocycles. The summed E-state index contributed by atoms with van der Waals surface area (Å²) in [7, 11) is -0.354.